The van der Waals surface area contributed by atoms with E-state index in [-0.39, 0.29) is 6.61 Å². The molecule has 1 heterocycles. The number of carboxylic acids is 1. The van der Waals surface area contributed by atoms with Crippen LogP contribution in [0, 0.1) is 0 Å². The van der Waals surface area contributed by atoms with Crippen LogP contribution in [0.3, 0.4) is 0 Å². The summed E-state index contributed by atoms with van der Waals surface area (Å²) in [5, 5.41) is 12.0. The predicted octanol–water partition coefficient (Wildman–Crippen LogP) is 2.42. The number of hydrogen-bond donors (Lipinski definition) is 2. The molecular weight excluding hydrogens is 306 g/mol. The van der Waals surface area contributed by atoms with Crippen molar-refractivity contribution >= 4 is 17.0 Å². The van der Waals surface area contributed by atoms with Crippen molar-refractivity contribution < 1.29 is 14.6 Å². The van der Waals surface area contributed by atoms with Crippen LogP contribution in [0.2, 0.25) is 0 Å². The van der Waals surface area contributed by atoms with Crippen molar-refractivity contribution in [2.24, 2.45) is 7.05 Å². The van der Waals surface area contributed by atoms with Gasteiger partial charge in [-0.2, -0.15) is 0 Å². The molecule has 0 aliphatic rings. The van der Waals surface area contributed by atoms with Gasteiger partial charge in [-0.25, -0.2) is 9.78 Å². The quantitative estimate of drug-likeness (QED) is 0.728. The van der Waals surface area contributed by atoms with Crippen molar-refractivity contribution in [1.82, 2.24) is 14.9 Å². The van der Waals surface area contributed by atoms with Crippen molar-refractivity contribution in [3.63, 3.8) is 0 Å². The highest BCUT2D eigenvalue weighted by molar-refractivity contribution is 5.84. The molecule has 0 saturated carbocycles. The van der Waals surface area contributed by atoms with E-state index in [9.17, 15) is 4.79 Å². The molecule has 0 saturated heterocycles. The van der Waals surface area contributed by atoms with Crippen LogP contribution in [0.25, 0.3) is 22.2 Å². The Morgan fingerprint density at radius 1 is 1.29 bits per heavy atom. The fraction of sp³-hybridized carbons (Fsp3) is 0.222. The van der Waals surface area contributed by atoms with Gasteiger partial charge in [0.05, 0.1) is 17.4 Å². The molecule has 124 valence electrons. The normalized spacial score (nSPS) is 10.9. The van der Waals surface area contributed by atoms with Gasteiger partial charge in [-0.1, -0.05) is 12.1 Å². The molecule has 6 heteroatoms. The maximum Gasteiger partial charge on any atom is 0.341 e. The molecule has 0 aliphatic heterocycles. The summed E-state index contributed by atoms with van der Waals surface area (Å²) < 4.78 is 7.42. The molecule has 2 N–H and O–H groups in total. The number of aryl methyl sites for hydroxylation is 1. The van der Waals surface area contributed by atoms with Gasteiger partial charge in [0.1, 0.15) is 5.75 Å². The summed E-state index contributed by atoms with van der Waals surface area (Å²) >= 11 is 0. The maximum atomic E-state index is 10.8. The van der Waals surface area contributed by atoms with Crippen LogP contribution in [-0.4, -0.2) is 34.3 Å². The molecule has 6 nitrogen and oxygen atoms in total. The lowest BCUT2D eigenvalue weighted by atomic mass is 10.0. The van der Waals surface area contributed by atoms with Gasteiger partial charge in [0.2, 0.25) is 0 Å². The SMILES string of the molecule is CNCc1ccc(OCC(=O)O)c(-c2ccc3ncn(C)c3c2)c1. The lowest BCUT2D eigenvalue weighted by molar-refractivity contribution is -0.139. The van der Waals surface area contributed by atoms with E-state index in [0.717, 1.165) is 34.3 Å². The van der Waals surface area contributed by atoms with E-state index in [0.29, 0.717) is 5.75 Å². The topological polar surface area (TPSA) is 76.4 Å². The van der Waals surface area contributed by atoms with Crippen molar-refractivity contribution in [3.05, 3.63) is 48.3 Å². The zero-order valence-corrected chi connectivity index (χ0v) is 13.6. The van der Waals surface area contributed by atoms with E-state index in [2.05, 4.69) is 10.3 Å². The highest BCUT2D eigenvalue weighted by atomic mass is 16.5. The third-order valence-electron chi connectivity index (χ3n) is 3.81. The van der Waals surface area contributed by atoms with Crippen LogP contribution in [0.5, 0.6) is 5.75 Å². The third-order valence-corrected chi connectivity index (χ3v) is 3.81. The minimum Gasteiger partial charge on any atom is -0.481 e. The molecule has 1 aromatic heterocycles. The van der Waals surface area contributed by atoms with E-state index in [1.165, 1.54) is 0 Å². The van der Waals surface area contributed by atoms with Gasteiger partial charge in [-0.05, 0) is 42.4 Å². The molecule has 0 aliphatic carbocycles. The first-order chi connectivity index (χ1) is 11.6. The van der Waals surface area contributed by atoms with Crippen LogP contribution in [-0.2, 0) is 18.4 Å². The van der Waals surface area contributed by atoms with Gasteiger partial charge in [0.15, 0.2) is 6.61 Å². The van der Waals surface area contributed by atoms with Crippen molar-refractivity contribution in [2.45, 2.75) is 6.54 Å². The number of aliphatic carboxylic acids is 1. The first-order valence-electron chi connectivity index (χ1n) is 7.62. The summed E-state index contributed by atoms with van der Waals surface area (Å²) in [6.45, 7) is 0.354. The number of carbonyl (C=O) groups is 1. The number of nitrogens with one attached hydrogen (secondary N) is 1. The molecule has 0 fully saturated rings. The van der Waals surface area contributed by atoms with E-state index in [1.54, 1.807) is 6.33 Å². The Kier molecular flexibility index (Phi) is 4.48. The molecule has 0 atom stereocenters. The molecular formula is C18H19N3O3. The second-order valence-corrected chi connectivity index (χ2v) is 5.60. The van der Waals surface area contributed by atoms with Gasteiger partial charge in [-0.15, -0.1) is 0 Å². The van der Waals surface area contributed by atoms with Crippen LogP contribution in [0.1, 0.15) is 5.56 Å². The maximum absolute atomic E-state index is 10.8. The first kappa shape index (κ1) is 16.0. The minimum atomic E-state index is -0.998. The Hall–Kier alpha value is -2.86. The summed E-state index contributed by atoms with van der Waals surface area (Å²) in [4.78, 5) is 15.2. The second kappa shape index (κ2) is 6.72. The van der Waals surface area contributed by atoms with Crippen LogP contribution >= 0.6 is 0 Å². The molecule has 0 amide bonds. The summed E-state index contributed by atoms with van der Waals surface area (Å²) in [7, 11) is 3.83. The number of ether oxygens (including phenoxy) is 1. The van der Waals surface area contributed by atoms with E-state index >= 15 is 0 Å². The Morgan fingerprint density at radius 3 is 2.88 bits per heavy atom. The molecule has 3 aromatic rings. The zero-order valence-electron chi connectivity index (χ0n) is 13.6. The Balaban J connectivity index is 2.08. The molecule has 0 radical (unpaired) electrons. The van der Waals surface area contributed by atoms with Gasteiger partial charge in [0, 0.05) is 19.2 Å². The number of aromatic nitrogens is 2. The van der Waals surface area contributed by atoms with Crippen molar-refractivity contribution in [1.29, 1.82) is 0 Å². The summed E-state index contributed by atoms with van der Waals surface area (Å²) in [5.41, 5.74) is 4.85. The van der Waals surface area contributed by atoms with Crippen molar-refractivity contribution in [2.75, 3.05) is 13.7 Å². The third kappa shape index (κ3) is 3.23. The van der Waals surface area contributed by atoms with Gasteiger partial charge in [-0.3, -0.25) is 0 Å². The zero-order chi connectivity index (χ0) is 17.1. The van der Waals surface area contributed by atoms with Crippen LogP contribution in [0.15, 0.2) is 42.7 Å². The monoisotopic (exact) mass is 325 g/mol. The van der Waals surface area contributed by atoms with Crippen LogP contribution in [0.4, 0.5) is 0 Å². The number of nitrogens with zero attached hydrogens (tertiary/aromatic N) is 2. The number of benzene rings is 2. The Labute approximate surface area is 139 Å². The van der Waals surface area contributed by atoms with Gasteiger partial charge >= 0.3 is 5.97 Å². The summed E-state index contributed by atoms with van der Waals surface area (Å²) in [5.74, 6) is -0.443. The molecule has 24 heavy (non-hydrogen) atoms. The largest absolute Gasteiger partial charge is 0.481 e. The highest BCUT2D eigenvalue weighted by Gasteiger charge is 2.11. The van der Waals surface area contributed by atoms with Gasteiger partial charge < -0.3 is 19.7 Å². The highest BCUT2D eigenvalue weighted by Crippen LogP contribution is 2.33. The first-order valence-corrected chi connectivity index (χ1v) is 7.62. The number of hydrogen-bond acceptors (Lipinski definition) is 4. The smallest absolute Gasteiger partial charge is 0.341 e. The second-order valence-electron chi connectivity index (χ2n) is 5.60. The number of fused-ring (bicyclic) bond motifs is 1. The minimum absolute atomic E-state index is 0.369. The molecule has 0 unspecified atom stereocenters. The number of imidazole rings is 1. The summed E-state index contributed by atoms with van der Waals surface area (Å²) in [6, 6.07) is 11.7. The van der Waals surface area contributed by atoms with E-state index in [4.69, 9.17) is 9.84 Å². The Morgan fingerprint density at radius 2 is 2.12 bits per heavy atom. The van der Waals surface area contributed by atoms with E-state index in [1.807, 2.05) is 55.1 Å². The molecule has 2 aromatic carbocycles. The average Bonchev–Trinajstić information content (AvgIpc) is 2.94. The average molecular weight is 325 g/mol. The number of rotatable bonds is 6. The lowest BCUT2D eigenvalue weighted by Crippen LogP contribution is -2.10. The van der Waals surface area contributed by atoms with Crippen LogP contribution < -0.4 is 10.1 Å². The number of carboxylic acid groups (broad SMARTS) is 1. The standard InChI is InChI=1S/C18H19N3O3/c1-19-9-12-3-6-17(24-10-18(22)23)14(7-12)13-4-5-15-16(8-13)21(2)11-20-15/h3-8,11,19H,9-10H2,1-2H3,(H,22,23). The predicted molar refractivity (Wildman–Crippen MR) is 92.0 cm³/mol. The lowest BCUT2D eigenvalue weighted by Gasteiger charge is -2.13. The molecule has 0 bridgehead atoms. The molecule has 0 spiro atoms. The van der Waals surface area contributed by atoms with Gasteiger partial charge in [0.25, 0.3) is 0 Å². The Bertz CT molecular complexity index is 886. The molecule has 3 rings (SSSR count). The fourth-order valence-electron chi connectivity index (χ4n) is 2.68. The van der Waals surface area contributed by atoms with Crippen molar-refractivity contribution in [3.8, 4) is 16.9 Å². The fourth-order valence-corrected chi connectivity index (χ4v) is 2.68. The van der Waals surface area contributed by atoms with E-state index < -0.39 is 5.97 Å². The summed E-state index contributed by atoms with van der Waals surface area (Å²) in [6.07, 6.45) is 1.77.